The van der Waals surface area contributed by atoms with Crippen molar-refractivity contribution in [3.8, 4) is 0 Å². The number of benzene rings is 2. The standard InChI is InChI=1S/C18H19N3O6/c1-10(22)21(11(2)23)16-5-3-14(4-6-16)19-20-15-8-12(17(24)25)7-13(9-15)18(26)27/h3-11,22-23H,1-2H3,(H,24,25)(H,26,27). The summed E-state index contributed by atoms with van der Waals surface area (Å²) in [5.41, 5.74) is 0.672. The SMILES string of the molecule is CC(O)N(c1ccc(N=Nc2cc(C(=O)O)cc(C(=O)O)c2)cc1)C(C)O. The van der Waals surface area contributed by atoms with Gasteiger partial charge in [0.25, 0.3) is 0 Å². The van der Waals surface area contributed by atoms with E-state index in [1.165, 1.54) is 30.9 Å². The van der Waals surface area contributed by atoms with Gasteiger partial charge in [0.2, 0.25) is 0 Å². The highest BCUT2D eigenvalue weighted by Gasteiger charge is 2.16. The van der Waals surface area contributed by atoms with Crippen LogP contribution in [0.25, 0.3) is 0 Å². The van der Waals surface area contributed by atoms with Gasteiger partial charge < -0.3 is 25.3 Å². The molecule has 2 aromatic rings. The molecule has 4 N–H and O–H groups in total. The Balaban J connectivity index is 2.28. The molecule has 0 amide bonds. The van der Waals surface area contributed by atoms with Crippen LogP contribution in [0.5, 0.6) is 0 Å². The molecule has 0 aliphatic carbocycles. The van der Waals surface area contributed by atoms with Crippen molar-refractivity contribution < 1.29 is 30.0 Å². The number of azo groups is 1. The van der Waals surface area contributed by atoms with Crippen LogP contribution in [0.4, 0.5) is 17.1 Å². The molecule has 0 saturated carbocycles. The van der Waals surface area contributed by atoms with E-state index in [1.807, 2.05) is 0 Å². The zero-order valence-corrected chi connectivity index (χ0v) is 14.6. The van der Waals surface area contributed by atoms with E-state index in [1.54, 1.807) is 24.3 Å². The van der Waals surface area contributed by atoms with E-state index in [4.69, 9.17) is 10.2 Å². The highest BCUT2D eigenvalue weighted by atomic mass is 16.4. The zero-order chi connectivity index (χ0) is 20.1. The Morgan fingerprint density at radius 1 is 0.815 bits per heavy atom. The smallest absolute Gasteiger partial charge is 0.335 e. The van der Waals surface area contributed by atoms with E-state index in [9.17, 15) is 19.8 Å². The van der Waals surface area contributed by atoms with Crippen molar-refractivity contribution in [2.45, 2.75) is 26.3 Å². The number of carbonyl (C=O) groups is 2. The first-order valence-corrected chi connectivity index (χ1v) is 7.97. The van der Waals surface area contributed by atoms with Crippen LogP contribution >= 0.6 is 0 Å². The summed E-state index contributed by atoms with van der Waals surface area (Å²) in [5.74, 6) is -2.54. The molecule has 142 valence electrons. The number of aliphatic hydroxyl groups is 2. The maximum atomic E-state index is 11.1. The summed E-state index contributed by atoms with van der Waals surface area (Å²) in [5, 5.41) is 45.4. The summed E-state index contributed by atoms with van der Waals surface area (Å²) in [6, 6.07) is 9.92. The average Bonchev–Trinajstić information content (AvgIpc) is 2.60. The molecular formula is C18H19N3O6. The fourth-order valence-corrected chi connectivity index (χ4v) is 2.47. The van der Waals surface area contributed by atoms with Gasteiger partial charge in [0.15, 0.2) is 0 Å². The Morgan fingerprint density at radius 3 is 1.67 bits per heavy atom. The van der Waals surface area contributed by atoms with Crippen molar-refractivity contribution >= 4 is 29.0 Å². The molecule has 2 rings (SSSR count). The van der Waals surface area contributed by atoms with Gasteiger partial charge in [-0.25, -0.2) is 9.59 Å². The van der Waals surface area contributed by atoms with Crippen molar-refractivity contribution in [2.24, 2.45) is 10.2 Å². The molecule has 2 atom stereocenters. The van der Waals surface area contributed by atoms with Crippen LogP contribution in [-0.4, -0.2) is 44.8 Å². The molecule has 0 fully saturated rings. The van der Waals surface area contributed by atoms with Crippen LogP contribution in [0.1, 0.15) is 34.6 Å². The first-order valence-electron chi connectivity index (χ1n) is 7.97. The van der Waals surface area contributed by atoms with Gasteiger partial charge in [-0.3, -0.25) is 0 Å². The summed E-state index contributed by atoms with van der Waals surface area (Å²) in [6.45, 7) is 3.05. The molecule has 9 nitrogen and oxygen atoms in total. The van der Waals surface area contributed by atoms with Crippen molar-refractivity contribution in [3.05, 3.63) is 53.6 Å². The highest BCUT2D eigenvalue weighted by Crippen LogP contribution is 2.25. The molecule has 0 aliphatic heterocycles. The summed E-state index contributed by atoms with van der Waals surface area (Å²) in [6.07, 6.45) is -1.80. The molecule has 0 spiro atoms. The third kappa shape index (κ3) is 5.09. The van der Waals surface area contributed by atoms with Crippen LogP contribution in [0.3, 0.4) is 0 Å². The number of aromatic carboxylic acids is 2. The lowest BCUT2D eigenvalue weighted by molar-refractivity contribution is 0.0696. The fourth-order valence-electron chi connectivity index (χ4n) is 2.47. The first-order chi connectivity index (χ1) is 12.7. The number of rotatable bonds is 7. The Labute approximate surface area is 154 Å². The third-order valence-corrected chi connectivity index (χ3v) is 3.65. The number of anilines is 1. The quantitative estimate of drug-likeness (QED) is 0.431. The largest absolute Gasteiger partial charge is 0.478 e. The van der Waals surface area contributed by atoms with Gasteiger partial charge in [-0.15, -0.1) is 0 Å². The second-order valence-electron chi connectivity index (χ2n) is 5.77. The number of aliphatic hydroxyl groups excluding tert-OH is 2. The molecule has 0 aromatic heterocycles. The van der Waals surface area contributed by atoms with E-state index < -0.39 is 24.4 Å². The number of hydrogen-bond donors (Lipinski definition) is 4. The Morgan fingerprint density at radius 2 is 1.26 bits per heavy atom. The Bertz CT molecular complexity index is 822. The molecule has 0 heterocycles. The molecule has 0 radical (unpaired) electrons. The summed E-state index contributed by atoms with van der Waals surface area (Å²) < 4.78 is 0. The van der Waals surface area contributed by atoms with E-state index in [0.29, 0.717) is 11.4 Å². The molecule has 0 bridgehead atoms. The predicted molar refractivity (Wildman–Crippen MR) is 96.8 cm³/mol. The number of hydrogen-bond acceptors (Lipinski definition) is 7. The van der Waals surface area contributed by atoms with Crippen molar-refractivity contribution in [1.29, 1.82) is 0 Å². The van der Waals surface area contributed by atoms with Crippen LogP contribution < -0.4 is 4.90 Å². The summed E-state index contributed by atoms with van der Waals surface area (Å²) in [4.78, 5) is 23.6. The molecule has 0 aliphatic rings. The minimum atomic E-state index is -1.27. The van der Waals surface area contributed by atoms with E-state index >= 15 is 0 Å². The predicted octanol–water partition coefficient (Wildman–Crippen LogP) is 2.98. The molecule has 0 saturated heterocycles. The highest BCUT2D eigenvalue weighted by molar-refractivity contribution is 5.95. The monoisotopic (exact) mass is 373 g/mol. The number of nitrogens with zero attached hydrogens (tertiary/aromatic N) is 3. The number of carboxylic acid groups (broad SMARTS) is 2. The van der Waals surface area contributed by atoms with Gasteiger partial charge in [0.1, 0.15) is 12.5 Å². The first kappa shape index (κ1) is 20.0. The minimum Gasteiger partial charge on any atom is -0.478 e. The van der Waals surface area contributed by atoms with E-state index in [-0.39, 0.29) is 16.8 Å². The second-order valence-corrected chi connectivity index (χ2v) is 5.77. The maximum absolute atomic E-state index is 11.1. The Hall–Kier alpha value is -3.30. The molecule has 9 heteroatoms. The van der Waals surface area contributed by atoms with Gasteiger partial charge >= 0.3 is 11.9 Å². The lowest BCUT2D eigenvalue weighted by Gasteiger charge is -2.30. The molecule has 27 heavy (non-hydrogen) atoms. The summed E-state index contributed by atoms with van der Waals surface area (Å²) >= 11 is 0. The van der Waals surface area contributed by atoms with Crippen LogP contribution in [0, 0.1) is 0 Å². The maximum Gasteiger partial charge on any atom is 0.335 e. The van der Waals surface area contributed by atoms with E-state index in [0.717, 1.165) is 6.07 Å². The van der Waals surface area contributed by atoms with Crippen LogP contribution in [0.15, 0.2) is 52.7 Å². The molecule has 2 unspecified atom stereocenters. The topological polar surface area (TPSA) is 143 Å². The third-order valence-electron chi connectivity index (χ3n) is 3.65. The van der Waals surface area contributed by atoms with Crippen LogP contribution in [0.2, 0.25) is 0 Å². The van der Waals surface area contributed by atoms with Gasteiger partial charge in [0, 0.05) is 5.69 Å². The number of carboxylic acids is 2. The van der Waals surface area contributed by atoms with Gasteiger partial charge in [0.05, 0.1) is 22.5 Å². The average molecular weight is 373 g/mol. The van der Waals surface area contributed by atoms with E-state index in [2.05, 4.69) is 10.2 Å². The van der Waals surface area contributed by atoms with Gasteiger partial charge in [-0.05, 0) is 56.3 Å². The van der Waals surface area contributed by atoms with Crippen LogP contribution in [-0.2, 0) is 0 Å². The lowest BCUT2D eigenvalue weighted by atomic mass is 10.1. The molecule has 2 aromatic carbocycles. The van der Waals surface area contributed by atoms with Crippen molar-refractivity contribution in [3.63, 3.8) is 0 Å². The lowest BCUT2D eigenvalue weighted by Crippen LogP contribution is -2.40. The zero-order valence-electron chi connectivity index (χ0n) is 14.6. The fraction of sp³-hybridized carbons (Fsp3) is 0.222. The normalized spacial score (nSPS) is 13.3. The van der Waals surface area contributed by atoms with Crippen molar-refractivity contribution in [1.82, 2.24) is 0 Å². The van der Waals surface area contributed by atoms with Gasteiger partial charge in [-0.2, -0.15) is 10.2 Å². The molecular weight excluding hydrogens is 354 g/mol. The second kappa shape index (κ2) is 8.39. The minimum absolute atomic E-state index is 0.0889. The van der Waals surface area contributed by atoms with Gasteiger partial charge in [-0.1, -0.05) is 0 Å². The summed E-state index contributed by atoms with van der Waals surface area (Å²) in [7, 11) is 0. The van der Waals surface area contributed by atoms with Crippen molar-refractivity contribution in [2.75, 3.05) is 4.90 Å². The Kier molecular flexibility index (Phi) is 6.22.